The second-order valence-corrected chi connectivity index (χ2v) is 7.41. The summed E-state index contributed by atoms with van der Waals surface area (Å²) in [6.45, 7) is 4.06. The first-order valence-corrected chi connectivity index (χ1v) is 10.8. The van der Waals surface area contributed by atoms with Crippen LogP contribution >= 0.6 is 0 Å². The van der Waals surface area contributed by atoms with E-state index < -0.39 is 23.1 Å². The number of unbranched alkanes of at least 4 members (excludes halogenated alkanes) is 1. The van der Waals surface area contributed by atoms with E-state index in [2.05, 4.69) is 9.97 Å². The van der Waals surface area contributed by atoms with Crippen LogP contribution in [0, 0.1) is 0 Å². The van der Waals surface area contributed by atoms with Crippen molar-refractivity contribution in [2.24, 2.45) is 5.73 Å². The summed E-state index contributed by atoms with van der Waals surface area (Å²) >= 11 is 0. The number of aromatic amines is 1. The van der Waals surface area contributed by atoms with Gasteiger partial charge in [0.2, 0.25) is 0 Å². The Morgan fingerprint density at radius 3 is 2.56 bits per heavy atom. The fourth-order valence-electron chi connectivity index (χ4n) is 3.47. The normalized spacial score (nSPS) is 10.9. The molecule has 2 heterocycles. The van der Waals surface area contributed by atoms with Crippen LogP contribution in [0.2, 0.25) is 0 Å². The molecule has 3 N–H and O–H groups in total. The maximum Gasteiger partial charge on any atom is 0.338 e. The molecule has 0 radical (unpaired) electrons. The maximum absolute atomic E-state index is 12.7. The molecule has 12 nitrogen and oxygen atoms in total. The molecule has 0 unspecified atom stereocenters. The van der Waals surface area contributed by atoms with Crippen LogP contribution in [0.15, 0.2) is 27.8 Å². The quantitative estimate of drug-likeness (QED) is 0.389. The Balaban J connectivity index is 1.87. The van der Waals surface area contributed by atoms with Gasteiger partial charge in [0.05, 0.1) is 12.7 Å². The molecule has 34 heavy (non-hydrogen) atoms. The summed E-state index contributed by atoms with van der Waals surface area (Å²) in [4.78, 5) is 55.2. The third-order valence-electron chi connectivity index (χ3n) is 5.12. The highest BCUT2D eigenvalue weighted by Crippen LogP contribution is 2.28. The van der Waals surface area contributed by atoms with Gasteiger partial charge in [-0.1, -0.05) is 13.3 Å². The van der Waals surface area contributed by atoms with E-state index in [-0.39, 0.29) is 41.4 Å². The Morgan fingerprint density at radius 2 is 1.91 bits per heavy atom. The molecule has 3 aromatic rings. The third-order valence-corrected chi connectivity index (χ3v) is 5.12. The Bertz CT molecular complexity index is 1320. The average Bonchev–Trinajstić information content (AvgIpc) is 3.19. The number of hydrogen-bond donors (Lipinski definition) is 2. The number of H-pyrrole nitrogens is 1. The van der Waals surface area contributed by atoms with Gasteiger partial charge in [0, 0.05) is 13.1 Å². The lowest BCUT2D eigenvalue weighted by Gasteiger charge is -2.11. The molecule has 182 valence electrons. The van der Waals surface area contributed by atoms with Gasteiger partial charge in [-0.3, -0.25) is 19.1 Å². The maximum atomic E-state index is 12.7. The molecular weight excluding hydrogens is 446 g/mol. The van der Waals surface area contributed by atoms with Crippen LogP contribution in [-0.4, -0.2) is 44.7 Å². The molecule has 0 aliphatic carbocycles. The molecule has 12 heteroatoms. The number of methoxy groups -OCH3 is 1. The minimum atomic E-state index is -0.660. The number of aromatic nitrogens is 4. The van der Waals surface area contributed by atoms with E-state index in [0.717, 1.165) is 12.8 Å². The number of esters is 1. The number of carbonyl (C=O) groups excluding carboxylic acids is 2. The van der Waals surface area contributed by atoms with Gasteiger partial charge in [-0.05, 0) is 31.5 Å². The van der Waals surface area contributed by atoms with Crippen molar-refractivity contribution in [3.05, 3.63) is 50.4 Å². The number of nitrogens with two attached hydrogens (primary N) is 1. The molecule has 0 saturated heterocycles. The van der Waals surface area contributed by atoms with Crippen LogP contribution in [0.3, 0.4) is 0 Å². The number of nitrogens with one attached hydrogen (secondary N) is 1. The number of imidazole rings is 1. The van der Waals surface area contributed by atoms with Gasteiger partial charge in [0.1, 0.15) is 12.4 Å². The van der Waals surface area contributed by atoms with Crippen molar-refractivity contribution in [1.29, 1.82) is 0 Å². The fraction of sp³-hybridized carbons (Fsp3) is 0.409. The van der Waals surface area contributed by atoms with Crippen molar-refractivity contribution >= 4 is 23.0 Å². The molecule has 0 spiro atoms. The van der Waals surface area contributed by atoms with Crippen molar-refractivity contribution in [1.82, 2.24) is 19.1 Å². The van der Waals surface area contributed by atoms with Crippen molar-refractivity contribution in [3.8, 4) is 11.5 Å². The van der Waals surface area contributed by atoms with E-state index in [4.69, 9.17) is 19.9 Å². The van der Waals surface area contributed by atoms with Gasteiger partial charge in [-0.25, -0.2) is 14.6 Å². The van der Waals surface area contributed by atoms with Crippen molar-refractivity contribution in [2.75, 3.05) is 13.7 Å². The summed E-state index contributed by atoms with van der Waals surface area (Å²) in [6, 6.07) is 4.33. The molecule has 0 bridgehead atoms. The van der Waals surface area contributed by atoms with Gasteiger partial charge in [0.25, 0.3) is 11.5 Å². The van der Waals surface area contributed by atoms with E-state index in [1.54, 1.807) is 4.57 Å². The lowest BCUT2D eigenvalue weighted by molar-refractivity contribution is -0.119. The van der Waals surface area contributed by atoms with Crippen molar-refractivity contribution in [2.45, 2.75) is 46.4 Å². The predicted molar refractivity (Wildman–Crippen MR) is 122 cm³/mol. The van der Waals surface area contributed by atoms with Gasteiger partial charge in [0.15, 0.2) is 29.3 Å². The zero-order valence-electron chi connectivity index (χ0n) is 19.3. The van der Waals surface area contributed by atoms with Gasteiger partial charge >= 0.3 is 11.7 Å². The van der Waals surface area contributed by atoms with Crippen LogP contribution in [0.4, 0.5) is 0 Å². The highest BCUT2D eigenvalue weighted by atomic mass is 16.5. The summed E-state index contributed by atoms with van der Waals surface area (Å²) in [5.41, 5.74) is 4.70. The van der Waals surface area contributed by atoms with Crippen LogP contribution < -0.4 is 26.5 Å². The summed E-state index contributed by atoms with van der Waals surface area (Å²) in [5.74, 6) is -0.506. The molecule has 3 rings (SSSR count). The Morgan fingerprint density at radius 1 is 1.15 bits per heavy atom. The number of benzene rings is 1. The second kappa shape index (κ2) is 10.7. The van der Waals surface area contributed by atoms with Gasteiger partial charge in [-0.2, -0.15) is 0 Å². The van der Waals surface area contributed by atoms with Crippen molar-refractivity contribution in [3.63, 3.8) is 0 Å². The summed E-state index contributed by atoms with van der Waals surface area (Å²) < 4.78 is 18.9. The Kier molecular flexibility index (Phi) is 7.71. The smallest absolute Gasteiger partial charge is 0.338 e. The highest BCUT2D eigenvalue weighted by Gasteiger charge is 2.20. The lowest BCUT2D eigenvalue weighted by atomic mass is 10.2. The minimum Gasteiger partial charge on any atom is -0.493 e. The number of amides is 1. The zero-order chi connectivity index (χ0) is 24.8. The molecular formula is C22H27N5O7. The van der Waals surface area contributed by atoms with E-state index in [1.165, 1.54) is 29.9 Å². The first-order chi connectivity index (χ1) is 16.3. The number of nitrogens with zero attached hydrogens (tertiary/aromatic N) is 3. The van der Waals surface area contributed by atoms with Gasteiger partial charge in [-0.15, -0.1) is 0 Å². The minimum absolute atomic E-state index is 0.181. The number of primary amides is 1. The molecule has 0 aliphatic rings. The topological polar surface area (TPSA) is 161 Å². The number of aryl methyl sites for hydroxylation is 2. The highest BCUT2D eigenvalue weighted by molar-refractivity contribution is 5.90. The standard InChI is InChI=1S/C22H27N5O7/c1-4-6-9-27-19-18(20(29)25-22(27)31)26(5-2)17(24-19)12-34-21(30)13-7-8-14(15(10-13)32-3)33-11-16(23)28/h7-8,10H,4-6,9,11-12H2,1-3H3,(H2,23,28)(H,25,29,31). The van der Waals surface area contributed by atoms with E-state index in [9.17, 15) is 19.2 Å². The average molecular weight is 473 g/mol. The van der Waals surface area contributed by atoms with Crippen LogP contribution in [-0.2, 0) is 29.2 Å². The molecule has 2 aromatic heterocycles. The van der Waals surface area contributed by atoms with Crippen LogP contribution in [0.25, 0.3) is 11.2 Å². The SMILES string of the molecule is CCCCn1c(=O)[nH]c(=O)c2c1nc(COC(=O)c1ccc(OCC(N)=O)c(OC)c1)n2CC. The van der Waals surface area contributed by atoms with E-state index in [1.807, 2.05) is 13.8 Å². The number of ether oxygens (including phenoxy) is 3. The molecule has 1 aromatic carbocycles. The number of hydrogen-bond acceptors (Lipinski definition) is 8. The van der Waals surface area contributed by atoms with Crippen LogP contribution in [0.5, 0.6) is 11.5 Å². The molecule has 0 saturated carbocycles. The predicted octanol–water partition coefficient (Wildman–Crippen LogP) is 0.936. The third kappa shape index (κ3) is 5.11. The Hall–Kier alpha value is -4.09. The number of rotatable bonds is 11. The lowest BCUT2D eigenvalue weighted by Crippen LogP contribution is -2.31. The fourth-order valence-corrected chi connectivity index (χ4v) is 3.47. The van der Waals surface area contributed by atoms with Crippen LogP contribution in [0.1, 0.15) is 42.9 Å². The molecule has 1 amide bonds. The summed E-state index contributed by atoms with van der Waals surface area (Å²) in [6.07, 6.45) is 1.60. The zero-order valence-corrected chi connectivity index (χ0v) is 19.3. The molecule has 0 aliphatic heterocycles. The Labute approximate surface area is 194 Å². The number of fused-ring (bicyclic) bond motifs is 1. The molecule has 0 atom stereocenters. The van der Waals surface area contributed by atoms with Gasteiger partial charge < -0.3 is 24.5 Å². The summed E-state index contributed by atoms with van der Waals surface area (Å²) in [5, 5.41) is 0. The summed E-state index contributed by atoms with van der Waals surface area (Å²) in [7, 11) is 1.39. The van der Waals surface area contributed by atoms with E-state index >= 15 is 0 Å². The van der Waals surface area contributed by atoms with Crippen molar-refractivity contribution < 1.29 is 23.8 Å². The number of carbonyl (C=O) groups is 2. The monoisotopic (exact) mass is 473 g/mol. The first-order valence-electron chi connectivity index (χ1n) is 10.8. The first kappa shape index (κ1) is 24.6. The van der Waals surface area contributed by atoms with E-state index in [0.29, 0.717) is 18.9 Å². The largest absolute Gasteiger partial charge is 0.493 e. The second-order valence-electron chi connectivity index (χ2n) is 7.41. The molecule has 0 fully saturated rings.